The number of carbonyl (C=O) groups excluding carboxylic acids is 1. The van der Waals surface area contributed by atoms with Crippen LogP contribution in [-0.2, 0) is 9.53 Å². The molecule has 0 unspecified atom stereocenters. The molecule has 0 saturated heterocycles. The van der Waals surface area contributed by atoms with Gasteiger partial charge in [-0.05, 0) is 12.1 Å². The Morgan fingerprint density at radius 1 is 1.47 bits per heavy atom. The molecule has 0 heterocycles. The summed E-state index contributed by atoms with van der Waals surface area (Å²) < 4.78 is 29.8. The van der Waals surface area contributed by atoms with Crippen molar-refractivity contribution in [3.63, 3.8) is 0 Å². The smallest absolute Gasteiger partial charge is 0.330 e. The number of aromatic hydroxyl groups is 1. The third-order valence-corrected chi connectivity index (χ3v) is 1.66. The molecule has 0 aliphatic heterocycles. The first-order valence-electron chi connectivity index (χ1n) is 3.98. The van der Waals surface area contributed by atoms with Crippen LogP contribution >= 0.6 is 0 Å². The summed E-state index contributed by atoms with van der Waals surface area (Å²) in [6.07, 6.45) is 2.02. The number of carbonyl (C=O) groups is 1. The maximum absolute atomic E-state index is 12.8. The van der Waals surface area contributed by atoms with E-state index in [0.29, 0.717) is 6.07 Å². The van der Waals surface area contributed by atoms with Gasteiger partial charge >= 0.3 is 5.97 Å². The van der Waals surface area contributed by atoms with E-state index in [-0.39, 0.29) is 5.56 Å². The number of methoxy groups -OCH3 is 1. The average Bonchev–Trinajstić information content (AvgIpc) is 2.20. The zero-order valence-electron chi connectivity index (χ0n) is 7.83. The molecule has 0 aliphatic carbocycles. The van der Waals surface area contributed by atoms with Crippen molar-refractivity contribution < 1.29 is 23.4 Å². The Morgan fingerprint density at radius 3 is 2.73 bits per heavy atom. The molecule has 5 heteroatoms. The minimum atomic E-state index is -1.08. The monoisotopic (exact) mass is 214 g/mol. The van der Waals surface area contributed by atoms with Crippen LogP contribution in [0.25, 0.3) is 6.08 Å². The molecule has 0 atom stereocenters. The van der Waals surface area contributed by atoms with Crippen molar-refractivity contribution in [2.45, 2.75) is 0 Å². The van der Waals surface area contributed by atoms with Gasteiger partial charge in [0.05, 0.1) is 7.11 Å². The largest absolute Gasteiger partial charge is 0.504 e. The van der Waals surface area contributed by atoms with Crippen LogP contribution in [0.5, 0.6) is 5.75 Å². The van der Waals surface area contributed by atoms with Crippen molar-refractivity contribution >= 4 is 12.0 Å². The van der Waals surface area contributed by atoms with Crippen LogP contribution in [0.2, 0.25) is 0 Å². The predicted octanol–water partition coefficient (Wildman–Crippen LogP) is 1.86. The quantitative estimate of drug-likeness (QED) is 0.603. The minimum absolute atomic E-state index is 0.127. The number of rotatable bonds is 2. The van der Waals surface area contributed by atoms with E-state index in [1.165, 1.54) is 7.11 Å². The van der Waals surface area contributed by atoms with Gasteiger partial charge in [-0.1, -0.05) is 0 Å². The van der Waals surface area contributed by atoms with Gasteiger partial charge in [0.25, 0.3) is 0 Å². The van der Waals surface area contributed by atoms with Crippen molar-refractivity contribution in [3.8, 4) is 5.75 Å². The van der Waals surface area contributed by atoms with Gasteiger partial charge in [-0.3, -0.25) is 0 Å². The Bertz CT molecular complexity index is 413. The molecule has 0 radical (unpaired) electrons. The molecule has 0 amide bonds. The van der Waals surface area contributed by atoms with Crippen molar-refractivity contribution in [2.24, 2.45) is 0 Å². The summed E-state index contributed by atoms with van der Waals surface area (Å²) in [6, 6.07) is 1.45. The van der Waals surface area contributed by atoms with Crippen LogP contribution in [0.3, 0.4) is 0 Å². The first-order valence-corrected chi connectivity index (χ1v) is 3.98. The van der Waals surface area contributed by atoms with Crippen molar-refractivity contribution in [3.05, 3.63) is 35.4 Å². The number of ether oxygens (including phenoxy) is 1. The van der Waals surface area contributed by atoms with Gasteiger partial charge in [0, 0.05) is 17.7 Å². The molecule has 1 aromatic rings. The molecule has 3 nitrogen and oxygen atoms in total. The van der Waals surface area contributed by atoms with E-state index in [9.17, 15) is 13.6 Å². The molecule has 15 heavy (non-hydrogen) atoms. The maximum Gasteiger partial charge on any atom is 0.330 e. The van der Waals surface area contributed by atoms with Gasteiger partial charge in [0.2, 0.25) is 0 Å². The molecule has 80 valence electrons. The van der Waals surface area contributed by atoms with Crippen LogP contribution < -0.4 is 0 Å². The Hall–Kier alpha value is -1.91. The number of phenolic OH excluding ortho intramolecular Hbond substituents is 1. The highest BCUT2D eigenvalue weighted by Gasteiger charge is 2.07. The molecule has 0 spiro atoms. The molecular formula is C10H8F2O3. The average molecular weight is 214 g/mol. The number of benzene rings is 1. The lowest BCUT2D eigenvalue weighted by atomic mass is 10.1. The zero-order chi connectivity index (χ0) is 11.4. The van der Waals surface area contributed by atoms with Gasteiger partial charge in [0.15, 0.2) is 11.6 Å². The van der Waals surface area contributed by atoms with Gasteiger partial charge in [-0.25, -0.2) is 13.6 Å². The van der Waals surface area contributed by atoms with Crippen LogP contribution in [0, 0.1) is 11.6 Å². The summed E-state index contributed by atoms with van der Waals surface area (Å²) in [5.74, 6) is -3.31. The topological polar surface area (TPSA) is 46.5 Å². The predicted molar refractivity (Wildman–Crippen MR) is 49.1 cm³/mol. The molecule has 0 fully saturated rings. The number of esters is 1. The molecule has 0 aliphatic rings. The van der Waals surface area contributed by atoms with E-state index in [4.69, 9.17) is 5.11 Å². The number of halogens is 2. The lowest BCUT2D eigenvalue weighted by Crippen LogP contribution is -1.93. The van der Waals surface area contributed by atoms with Gasteiger partial charge in [0.1, 0.15) is 5.82 Å². The van der Waals surface area contributed by atoms with Crippen LogP contribution in [0.15, 0.2) is 18.2 Å². The Balaban J connectivity index is 3.04. The number of hydrogen-bond acceptors (Lipinski definition) is 3. The maximum atomic E-state index is 12.8. The molecule has 1 N–H and O–H groups in total. The Kier molecular flexibility index (Phi) is 3.38. The first kappa shape index (κ1) is 11.2. The molecule has 1 aromatic carbocycles. The van der Waals surface area contributed by atoms with E-state index in [1.807, 2.05) is 0 Å². The zero-order valence-corrected chi connectivity index (χ0v) is 7.83. The third-order valence-electron chi connectivity index (χ3n) is 1.66. The van der Waals surface area contributed by atoms with Crippen LogP contribution in [0.1, 0.15) is 5.56 Å². The molecule has 0 aromatic heterocycles. The fraction of sp³-hybridized carbons (Fsp3) is 0.100. The van der Waals surface area contributed by atoms with Crippen molar-refractivity contribution in [1.82, 2.24) is 0 Å². The Morgan fingerprint density at radius 2 is 2.13 bits per heavy atom. The van der Waals surface area contributed by atoms with Gasteiger partial charge in [-0.15, -0.1) is 0 Å². The van der Waals surface area contributed by atoms with E-state index >= 15 is 0 Å². The second-order valence-electron chi connectivity index (χ2n) is 2.68. The highest BCUT2D eigenvalue weighted by molar-refractivity contribution is 5.87. The summed E-state index contributed by atoms with van der Waals surface area (Å²) in [6.45, 7) is 0. The first-order chi connectivity index (χ1) is 7.04. The fourth-order valence-electron chi connectivity index (χ4n) is 0.939. The van der Waals surface area contributed by atoms with E-state index in [1.54, 1.807) is 0 Å². The summed E-state index contributed by atoms with van der Waals surface area (Å²) in [4.78, 5) is 10.7. The van der Waals surface area contributed by atoms with Gasteiger partial charge in [-0.2, -0.15) is 0 Å². The molecule has 0 saturated carbocycles. The third kappa shape index (κ3) is 2.77. The molecule has 0 bridgehead atoms. The lowest BCUT2D eigenvalue weighted by Gasteiger charge is -2.00. The van der Waals surface area contributed by atoms with Crippen molar-refractivity contribution in [2.75, 3.05) is 7.11 Å². The van der Waals surface area contributed by atoms with E-state index in [0.717, 1.165) is 18.2 Å². The number of phenols is 1. The normalized spacial score (nSPS) is 10.6. The van der Waals surface area contributed by atoms with Crippen molar-refractivity contribution in [1.29, 1.82) is 0 Å². The molecule has 1 rings (SSSR count). The van der Waals surface area contributed by atoms with Crippen LogP contribution in [-0.4, -0.2) is 18.2 Å². The highest BCUT2D eigenvalue weighted by Crippen LogP contribution is 2.23. The summed E-state index contributed by atoms with van der Waals surface area (Å²) in [5, 5.41) is 9.16. The van der Waals surface area contributed by atoms with Crippen LogP contribution in [0.4, 0.5) is 8.78 Å². The number of hydrogen-bond donors (Lipinski definition) is 1. The van der Waals surface area contributed by atoms with Gasteiger partial charge < -0.3 is 9.84 Å². The second-order valence-corrected chi connectivity index (χ2v) is 2.68. The summed E-state index contributed by atoms with van der Waals surface area (Å²) in [7, 11) is 1.17. The second kappa shape index (κ2) is 4.54. The Labute approximate surface area is 84.6 Å². The highest BCUT2D eigenvalue weighted by atomic mass is 19.1. The minimum Gasteiger partial charge on any atom is -0.504 e. The fourth-order valence-corrected chi connectivity index (χ4v) is 0.939. The van der Waals surface area contributed by atoms with E-state index < -0.39 is 23.4 Å². The SMILES string of the molecule is COC(=O)C=Cc1cc(F)cc(F)c1O. The lowest BCUT2D eigenvalue weighted by molar-refractivity contribution is -0.134. The molecular weight excluding hydrogens is 206 g/mol. The standard InChI is InChI=1S/C10H8F2O3/c1-15-9(13)3-2-6-4-7(11)5-8(12)10(6)14/h2-5,14H,1H3. The summed E-state index contributed by atoms with van der Waals surface area (Å²) >= 11 is 0. The summed E-state index contributed by atoms with van der Waals surface area (Å²) in [5.41, 5.74) is -0.127. The van der Waals surface area contributed by atoms with E-state index in [2.05, 4.69) is 4.74 Å².